The third-order valence-corrected chi connectivity index (χ3v) is 4.64. The van der Waals surface area contributed by atoms with Gasteiger partial charge in [-0.15, -0.1) is 11.3 Å². The molecule has 1 aromatic carbocycles. The average Bonchev–Trinajstić information content (AvgIpc) is 3.35. The van der Waals surface area contributed by atoms with E-state index in [-0.39, 0.29) is 6.04 Å². The van der Waals surface area contributed by atoms with Gasteiger partial charge in [0.1, 0.15) is 10.7 Å². The van der Waals surface area contributed by atoms with Gasteiger partial charge in [0.05, 0.1) is 6.04 Å². The van der Waals surface area contributed by atoms with Gasteiger partial charge in [-0.05, 0) is 6.92 Å². The summed E-state index contributed by atoms with van der Waals surface area (Å²) in [5, 5.41) is 7.18. The van der Waals surface area contributed by atoms with E-state index < -0.39 is 0 Å². The quantitative estimate of drug-likeness (QED) is 0.563. The zero-order valence-electron chi connectivity index (χ0n) is 12.5. The number of imidazole rings is 1. The second-order valence-electron chi connectivity index (χ2n) is 5.15. The van der Waals surface area contributed by atoms with E-state index in [9.17, 15) is 0 Å². The molecule has 4 rings (SSSR count). The standard InChI is InChI=1S/C17H14N4OS/c1-12(17-19-8-10-23-17)21-9-7-18-16(21)15-11-14(20-22-15)13-5-3-2-4-6-13/h2-12H,1H3. The Morgan fingerprint density at radius 3 is 2.78 bits per heavy atom. The second-order valence-corrected chi connectivity index (χ2v) is 6.07. The zero-order chi connectivity index (χ0) is 15.6. The highest BCUT2D eigenvalue weighted by Gasteiger charge is 2.18. The monoisotopic (exact) mass is 322 g/mol. The number of rotatable bonds is 4. The summed E-state index contributed by atoms with van der Waals surface area (Å²) in [4.78, 5) is 8.81. The fraction of sp³-hybridized carbons (Fsp3) is 0.118. The van der Waals surface area contributed by atoms with Crippen LogP contribution < -0.4 is 0 Å². The van der Waals surface area contributed by atoms with Gasteiger partial charge in [-0.1, -0.05) is 35.5 Å². The highest BCUT2D eigenvalue weighted by molar-refractivity contribution is 7.09. The van der Waals surface area contributed by atoms with Crippen molar-refractivity contribution in [3.8, 4) is 22.8 Å². The van der Waals surface area contributed by atoms with E-state index in [4.69, 9.17) is 4.52 Å². The van der Waals surface area contributed by atoms with Crippen molar-refractivity contribution in [1.29, 1.82) is 0 Å². The van der Waals surface area contributed by atoms with Crippen LogP contribution in [0.5, 0.6) is 0 Å². The molecule has 0 saturated heterocycles. The predicted molar refractivity (Wildman–Crippen MR) is 89.1 cm³/mol. The summed E-state index contributed by atoms with van der Waals surface area (Å²) in [6.07, 6.45) is 5.52. The van der Waals surface area contributed by atoms with Crippen LogP contribution in [-0.4, -0.2) is 19.7 Å². The van der Waals surface area contributed by atoms with Gasteiger partial charge in [-0.3, -0.25) is 0 Å². The van der Waals surface area contributed by atoms with Crippen molar-refractivity contribution < 1.29 is 4.52 Å². The summed E-state index contributed by atoms with van der Waals surface area (Å²) in [6, 6.07) is 12.0. The van der Waals surface area contributed by atoms with E-state index in [2.05, 4.69) is 22.0 Å². The van der Waals surface area contributed by atoms with Crippen LogP contribution >= 0.6 is 11.3 Å². The second kappa shape index (κ2) is 5.81. The molecular formula is C17H14N4OS. The highest BCUT2D eigenvalue weighted by Crippen LogP contribution is 2.29. The number of thiazole rings is 1. The van der Waals surface area contributed by atoms with Gasteiger partial charge in [0.2, 0.25) is 5.76 Å². The van der Waals surface area contributed by atoms with Gasteiger partial charge < -0.3 is 9.09 Å². The minimum absolute atomic E-state index is 0.0952. The summed E-state index contributed by atoms with van der Waals surface area (Å²) in [5.41, 5.74) is 1.82. The van der Waals surface area contributed by atoms with Gasteiger partial charge in [0.25, 0.3) is 0 Å². The Morgan fingerprint density at radius 2 is 2.00 bits per heavy atom. The molecule has 0 aliphatic rings. The molecule has 1 atom stereocenters. The van der Waals surface area contributed by atoms with E-state index in [1.807, 2.05) is 58.7 Å². The maximum Gasteiger partial charge on any atom is 0.202 e. The molecule has 23 heavy (non-hydrogen) atoms. The Balaban J connectivity index is 1.70. The molecule has 0 fully saturated rings. The lowest BCUT2D eigenvalue weighted by atomic mass is 10.1. The first-order valence-corrected chi connectivity index (χ1v) is 8.15. The molecule has 0 bridgehead atoms. The fourth-order valence-corrected chi connectivity index (χ4v) is 3.20. The normalized spacial score (nSPS) is 12.4. The van der Waals surface area contributed by atoms with E-state index in [0.717, 1.165) is 22.1 Å². The summed E-state index contributed by atoms with van der Waals surface area (Å²) < 4.78 is 7.57. The van der Waals surface area contributed by atoms with E-state index in [1.54, 1.807) is 17.5 Å². The molecule has 0 spiro atoms. The van der Waals surface area contributed by atoms with E-state index in [0.29, 0.717) is 5.76 Å². The smallest absolute Gasteiger partial charge is 0.202 e. The third kappa shape index (κ3) is 2.57. The van der Waals surface area contributed by atoms with Gasteiger partial charge in [-0.2, -0.15) is 0 Å². The molecule has 114 valence electrons. The molecular weight excluding hydrogens is 308 g/mol. The van der Waals surface area contributed by atoms with Crippen LogP contribution in [0.15, 0.2) is 64.9 Å². The first-order valence-electron chi connectivity index (χ1n) is 7.27. The SMILES string of the molecule is CC(c1nccs1)n1ccnc1-c1cc(-c2ccccc2)no1. The Hall–Kier alpha value is -2.73. The Bertz CT molecular complexity index is 896. The number of hydrogen-bond acceptors (Lipinski definition) is 5. The van der Waals surface area contributed by atoms with Gasteiger partial charge in [0, 0.05) is 35.6 Å². The largest absolute Gasteiger partial charge is 0.352 e. The summed E-state index contributed by atoms with van der Waals surface area (Å²) in [5.74, 6) is 1.40. The molecule has 3 heterocycles. The fourth-order valence-electron chi connectivity index (χ4n) is 2.50. The number of nitrogens with zero attached hydrogens (tertiary/aromatic N) is 4. The molecule has 0 aliphatic carbocycles. The van der Waals surface area contributed by atoms with Gasteiger partial charge >= 0.3 is 0 Å². The molecule has 0 amide bonds. The highest BCUT2D eigenvalue weighted by atomic mass is 32.1. The van der Waals surface area contributed by atoms with Crippen molar-refractivity contribution >= 4 is 11.3 Å². The summed E-state index contributed by atoms with van der Waals surface area (Å²) in [6.45, 7) is 2.10. The van der Waals surface area contributed by atoms with Crippen LogP contribution in [0.4, 0.5) is 0 Å². The first-order chi connectivity index (χ1) is 11.3. The van der Waals surface area contributed by atoms with Crippen molar-refractivity contribution in [1.82, 2.24) is 19.7 Å². The molecule has 0 aliphatic heterocycles. The van der Waals surface area contributed by atoms with E-state index in [1.165, 1.54) is 0 Å². The average molecular weight is 322 g/mol. The summed E-state index contributed by atoms with van der Waals surface area (Å²) in [7, 11) is 0. The minimum Gasteiger partial charge on any atom is -0.352 e. The molecule has 0 saturated carbocycles. The molecule has 0 radical (unpaired) electrons. The Kier molecular flexibility index (Phi) is 3.51. The van der Waals surface area contributed by atoms with Gasteiger partial charge in [-0.25, -0.2) is 9.97 Å². The number of hydrogen-bond donors (Lipinski definition) is 0. The minimum atomic E-state index is 0.0952. The lowest BCUT2D eigenvalue weighted by Crippen LogP contribution is -2.06. The molecule has 5 nitrogen and oxygen atoms in total. The number of aromatic nitrogens is 4. The maximum absolute atomic E-state index is 5.52. The van der Waals surface area contributed by atoms with Crippen molar-refractivity contribution in [3.05, 3.63) is 65.4 Å². The predicted octanol–water partition coefficient (Wildman–Crippen LogP) is 4.27. The van der Waals surface area contributed by atoms with Crippen LogP contribution in [0.25, 0.3) is 22.8 Å². The first kappa shape index (κ1) is 13.9. The number of benzene rings is 1. The Morgan fingerprint density at radius 1 is 1.13 bits per heavy atom. The van der Waals surface area contributed by atoms with Crippen LogP contribution in [-0.2, 0) is 0 Å². The molecule has 0 N–H and O–H groups in total. The summed E-state index contributed by atoms with van der Waals surface area (Å²) >= 11 is 1.63. The lowest BCUT2D eigenvalue weighted by Gasteiger charge is -2.12. The van der Waals surface area contributed by atoms with Crippen LogP contribution in [0, 0.1) is 0 Å². The van der Waals surface area contributed by atoms with E-state index >= 15 is 0 Å². The van der Waals surface area contributed by atoms with Crippen molar-refractivity contribution in [2.24, 2.45) is 0 Å². The van der Waals surface area contributed by atoms with Crippen LogP contribution in [0.1, 0.15) is 18.0 Å². The lowest BCUT2D eigenvalue weighted by molar-refractivity contribution is 0.428. The van der Waals surface area contributed by atoms with Gasteiger partial charge in [0.15, 0.2) is 5.82 Å². The van der Waals surface area contributed by atoms with Crippen molar-refractivity contribution in [2.45, 2.75) is 13.0 Å². The van der Waals surface area contributed by atoms with Crippen LogP contribution in [0.2, 0.25) is 0 Å². The van der Waals surface area contributed by atoms with Crippen molar-refractivity contribution in [2.75, 3.05) is 0 Å². The molecule has 3 aromatic heterocycles. The topological polar surface area (TPSA) is 56.7 Å². The maximum atomic E-state index is 5.52. The third-order valence-electron chi connectivity index (χ3n) is 3.69. The molecule has 6 heteroatoms. The van der Waals surface area contributed by atoms with Crippen molar-refractivity contribution in [3.63, 3.8) is 0 Å². The zero-order valence-corrected chi connectivity index (χ0v) is 13.3. The molecule has 4 aromatic rings. The van der Waals surface area contributed by atoms with Crippen LogP contribution in [0.3, 0.4) is 0 Å². The molecule has 1 unspecified atom stereocenters. The Labute approximate surface area is 137 Å².